The van der Waals surface area contributed by atoms with Gasteiger partial charge >= 0.3 is 0 Å². The summed E-state index contributed by atoms with van der Waals surface area (Å²) in [5.74, 6) is 0.599. The molecule has 2 aromatic carbocycles. The van der Waals surface area contributed by atoms with Crippen molar-refractivity contribution in [2.75, 3.05) is 18.0 Å². The highest BCUT2D eigenvalue weighted by Crippen LogP contribution is 2.26. The van der Waals surface area contributed by atoms with E-state index in [9.17, 15) is 4.39 Å². The lowest BCUT2D eigenvalue weighted by atomic mass is 10.2. The average Bonchev–Trinajstić information content (AvgIpc) is 2.89. The molecule has 0 saturated carbocycles. The zero-order valence-corrected chi connectivity index (χ0v) is 11.8. The lowest BCUT2D eigenvalue weighted by Gasteiger charge is -2.21. The van der Waals surface area contributed by atoms with Gasteiger partial charge in [-0.05, 0) is 18.2 Å². The molecule has 0 atom stereocenters. The standard InChI is InChI=1S/C15H12BrFN2/c16-12-6-7-14(13(17)10-12)19-9-8-18-15(19)11-4-2-1-3-5-11/h1-7,10H,8-9H2. The molecule has 0 unspecified atom stereocenters. The number of rotatable bonds is 2. The lowest BCUT2D eigenvalue weighted by molar-refractivity contribution is 0.626. The highest BCUT2D eigenvalue weighted by molar-refractivity contribution is 9.10. The van der Waals surface area contributed by atoms with Crippen LogP contribution in [-0.2, 0) is 0 Å². The smallest absolute Gasteiger partial charge is 0.148 e. The van der Waals surface area contributed by atoms with Gasteiger partial charge < -0.3 is 4.90 Å². The van der Waals surface area contributed by atoms with Crippen molar-refractivity contribution in [3.8, 4) is 0 Å². The summed E-state index contributed by atoms with van der Waals surface area (Å²) in [6, 6.07) is 15.0. The summed E-state index contributed by atoms with van der Waals surface area (Å²) in [6.07, 6.45) is 0. The Morgan fingerprint density at radius 1 is 1.11 bits per heavy atom. The monoisotopic (exact) mass is 318 g/mol. The van der Waals surface area contributed by atoms with Crippen LogP contribution in [0.1, 0.15) is 5.56 Å². The van der Waals surface area contributed by atoms with E-state index in [1.807, 2.05) is 41.3 Å². The second-order valence-electron chi connectivity index (χ2n) is 4.32. The molecule has 0 aromatic heterocycles. The first-order valence-corrected chi connectivity index (χ1v) is 6.87. The molecule has 0 spiro atoms. The minimum Gasteiger partial charge on any atom is -0.322 e. The van der Waals surface area contributed by atoms with E-state index in [0.29, 0.717) is 18.8 Å². The second-order valence-corrected chi connectivity index (χ2v) is 5.23. The maximum absolute atomic E-state index is 14.1. The third kappa shape index (κ3) is 2.40. The van der Waals surface area contributed by atoms with Crippen molar-refractivity contribution in [1.82, 2.24) is 0 Å². The Labute approximate surface area is 119 Å². The number of nitrogens with zero attached hydrogens (tertiary/aromatic N) is 2. The maximum Gasteiger partial charge on any atom is 0.148 e. The van der Waals surface area contributed by atoms with Crippen LogP contribution in [0, 0.1) is 5.82 Å². The number of benzene rings is 2. The van der Waals surface area contributed by atoms with E-state index >= 15 is 0 Å². The number of anilines is 1. The number of amidine groups is 1. The molecule has 0 N–H and O–H groups in total. The Balaban J connectivity index is 1.99. The van der Waals surface area contributed by atoms with Crippen LogP contribution in [0.15, 0.2) is 58.0 Å². The number of halogens is 2. The Morgan fingerprint density at radius 3 is 2.63 bits per heavy atom. The van der Waals surface area contributed by atoms with Gasteiger partial charge in [0.15, 0.2) is 0 Å². The van der Waals surface area contributed by atoms with Crippen molar-refractivity contribution in [2.24, 2.45) is 4.99 Å². The molecule has 0 bridgehead atoms. The molecule has 96 valence electrons. The summed E-state index contributed by atoms with van der Waals surface area (Å²) >= 11 is 3.28. The molecule has 1 heterocycles. The summed E-state index contributed by atoms with van der Waals surface area (Å²) in [5.41, 5.74) is 1.59. The van der Waals surface area contributed by atoms with E-state index in [1.165, 1.54) is 6.07 Å². The maximum atomic E-state index is 14.1. The van der Waals surface area contributed by atoms with Crippen LogP contribution in [0.4, 0.5) is 10.1 Å². The van der Waals surface area contributed by atoms with Crippen LogP contribution < -0.4 is 4.90 Å². The molecule has 0 aliphatic carbocycles. The Kier molecular flexibility index (Phi) is 3.34. The number of hydrogen-bond donors (Lipinski definition) is 0. The van der Waals surface area contributed by atoms with Crippen molar-refractivity contribution < 1.29 is 4.39 Å². The summed E-state index contributed by atoms with van der Waals surface area (Å²) in [7, 11) is 0. The zero-order valence-electron chi connectivity index (χ0n) is 10.2. The molecule has 19 heavy (non-hydrogen) atoms. The van der Waals surface area contributed by atoms with Crippen molar-refractivity contribution in [3.05, 3.63) is 64.4 Å². The minimum absolute atomic E-state index is 0.236. The van der Waals surface area contributed by atoms with Gasteiger partial charge in [-0.15, -0.1) is 0 Å². The van der Waals surface area contributed by atoms with Gasteiger partial charge in [0.05, 0.1) is 12.2 Å². The van der Waals surface area contributed by atoms with Crippen molar-refractivity contribution in [2.45, 2.75) is 0 Å². The summed E-state index contributed by atoms with van der Waals surface area (Å²) in [4.78, 5) is 6.42. The van der Waals surface area contributed by atoms with Crippen molar-refractivity contribution >= 4 is 27.5 Å². The fourth-order valence-electron chi connectivity index (χ4n) is 2.22. The van der Waals surface area contributed by atoms with E-state index in [1.54, 1.807) is 6.07 Å². The molecule has 0 amide bonds. The average molecular weight is 319 g/mol. The first-order valence-electron chi connectivity index (χ1n) is 6.08. The normalized spacial score (nSPS) is 14.6. The zero-order chi connectivity index (χ0) is 13.2. The lowest BCUT2D eigenvalue weighted by Crippen LogP contribution is -2.28. The molecule has 0 fully saturated rings. The topological polar surface area (TPSA) is 15.6 Å². The summed E-state index contributed by atoms with van der Waals surface area (Å²) < 4.78 is 14.8. The SMILES string of the molecule is Fc1cc(Br)ccc1N1CCN=C1c1ccccc1. The first-order chi connectivity index (χ1) is 9.25. The van der Waals surface area contributed by atoms with Crippen LogP contribution >= 0.6 is 15.9 Å². The van der Waals surface area contributed by atoms with Crippen LogP contribution in [0.3, 0.4) is 0 Å². The van der Waals surface area contributed by atoms with E-state index in [4.69, 9.17) is 0 Å². The number of aliphatic imine (C=N–C) groups is 1. The van der Waals surface area contributed by atoms with Gasteiger partial charge in [-0.3, -0.25) is 4.99 Å². The predicted molar refractivity (Wildman–Crippen MR) is 79.3 cm³/mol. The van der Waals surface area contributed by atoms with Crippen LogP contribution in [0.5, 0.6) is 0 Å². The molecule has 3 rings (SSSR count). The van der Waals surface area contributed by atoms with E-state index < -0.39 is 0 Å². The molecule has 2 nitrogen and oxygen atoms in total. The quantitative estimate of drug-likeness (QED) is 0.821. The van der Waals surface area contributed by atoms with E-state index in [-0.39, 0.29) is 5.82 Å². The third-order valence-corrected chi connectivity index (χ3v) is 3.57. The molecule has 1 aliphatic rings. The Bertz CT molecular complexity index is 625. The highest BCUT2D eigenvalue weighted by Gasteiger charge is 2.22. The first kappa shape index (κ1) is 12.4. The highest BCUT2D eigenvalue weighted by atomic mass is 79.9. The molecular weight excluding hydrogens is 307 g/mol. The van der Waals surface area contributed by atoms with Gasteiger partial charge in [-0.1, -0.05) is 46.3 Å². The Morgan fingerprint density at radius 2 is 1.89 bits per heavy atom. The van der Waals surface area contributed by atoms with Gasteiger partial charge in [0.2, 0.25) is 0 Å². The van der Waals surface area contributed by atoms with Gasteiger partial charge in [0, 0.05) is 16.6 Å². The minimum atomic E-state index is -0.236. The number of hydrogen-bond acceptors (Lipinski definition) is 2. The van der Waals surface area contributed by atoms with Crippen LogP contribution in [-0.4, -0.2) is 18.9 Å². The summed E-state index contributed by atoms with van der Waals surface area (Å²) in [6.45, 7) is 1.41. The summed E-state index contributed by atoms with van der Waals surface area (Å²) in [5, 5.41) is 0. The third-order valence-electron chi connectivity index (χ3n) is 3.07. The predicted octanol–water partition coefficient (Wildman–Crippen LogP) is 3.86. The van der Waals surface area contributed by atoms with Crippen LogP contribution in [0.25, 0.3) is 0 Å². The van der Waals surface area contributed by atoms with Gasteiger partial charge in [-0.25, -0.2) is 4.39 Å². The molecule has 0 radical (unpaired) electrons. The second kappa shape index (κ2) is 5.13. The molecule has 0 saturated heterocycles. The largest absolute Gasteiger partial charge is 0.322 e. The fraction of sp³-hybridized carbons (Fsp3) is 0.133. The van der Waals surface area contributed by atoms with E-state index in [2.05, 4.69) is 20.9 Å². The van der Waals surface area contributed by atoms with Crippen molar-refractivity contribution in [3.63, 3.8) is 0 Å². The molecule has 1 aliphatic heterocycles. The van der Waals surface area contributed by atoms with Gasteiger partial charge in [0.25, 0.3) is 0 Å². The fourth-order valence-corrected chi connectivity index (χ4v) is 2.55. The molecule has 2 aromatic rings. The molecule has 4 heteroatoms. The van der Waals surface area contributed by atoms with Gasteiger partial charge in [0.1, 0.15) is 11.7 Å². The van der Waals surface area contributed by atoms with E-state index in [0.717, 1.165) is 15.9 Å². The molecular formula is C15H12BrFN2. The van der Waals surface area contributed by atoms with Crippen molar-refractivity contribution in [1.29, 1.82) is 0 Å². The van der Waals surface area contributed by atoms with Crippen LogP contribution in [0.2, 0.25) is 0 Å². The van der Waals surface area contributed by atoms with Gasteiger partial charge in [-0.2, -0.15) is 0 Å². The Hall–Kier alpha value is -1.68.